The molecule has 0 spiro atoms. The van der Waals surface area contributed by atoms with Crippen LogP contribution in [0.1, 0.15) is 54.1 Å². The Hall–Kier alpha value is -6.49. The van der Waals surface area contributed by atoms with Gasteiger partial charge in [-0.3, -0.25) is 9.78 Å². The molecule has 1 heterocycles. The minimum absolute atomic E-state index is 0.156. The van der Waals surface area contributed by atoms with Crippen LogP contribution < -0.4 is 26.4 Å². The fourth-order valence-corrected chi connectivity index (χ4v) is 8.03. The summed E-state index contributed by atoms with van der Waals surface area (Å²) in [5.41, 5.74) is -12.3. The predicted octanol–water partition coefficient (Wildman–Crippen LogP) is 9.15. The molecule has 0 bridgehead atoms. The van der Waals surface area contributed by atoms with Gasteiger partial charge < -0.3 is 0 Å². The van der Waals surface area contributed by atoms with Crippen molar-refractivity contribution in [1.29, 1.82) is 0 Å². The highest BCUT2D eigenvalue weighted by molar-refractivity contribution is 7.20. The lowest BCUT2D eigenvalue weighted by Crippen LogP contribution is -2.81. The molecule has 66 heavy (non-hydrogen) atoms. The lowest BCUT2D eigenvalue weighted by Gasteiger charge is -2.44. The Morgan fingerprint density at radius 2 is 0.758 bits per heavy atom. The molecule has 1 aromatic heterocycles. The largest absolute Gasteiger partial charge is 0.287 e. The van der Waals surface area contributed by atoms with Crippen molar-refractivity contribution in [2.75, 3.05) is 0 Å². The standard InChI is InChI=1S/C24BF20.C18H21N2O/c26-5-1(6(27)14(35)21(42)13(5)34)25(2-7(28)15(36)22(43)16(37)8(2)29,3-9(30)17(38)23(44)18(39)10(3)31)4-11(32)19(40)24(45)20(41)12(4)33;21-18(16-9-5-2-6-10-16)14-20-12-11-19-13-17(20)15-7-3-1-4-8-15/h;2,5-6,9-13,15H,1,3-4,7-8,14H2/q-1;+1. The fourth-order valence-electron chi connectivity index (χ4n) is 8.03. The van der Waals surface area contributed by atoms with Gasteiger partial charge in [-0.25, -0.2) is 87.8 Å². The summed E-state index contributed by atoms with van der Waals surface area (Å²) in [6, 6.07) is 9.51. The van der Waals surface area contributed by atoms with Gasteiger partial charge in [0.25, 0.3) is 0 Å². The number of hydrogen-bond donors (Lipinski definition) is 0. The van der Waals surface area contributed by atoms with Crippen molar-refractivity contribution in [1.82, 2.24) is 4.98 Å². The molecule has 6 aromatic rings. The molecule has 1 aliphatic rings. The number of ketones is 1. The van der Waals surface area contributed by atoms with E-state index in [2.05, 4.69) is 9.55 Å². The molecular weight excluding hydrogens is 939 g/mol. The molecule has 7 rings (SSSR count). The summed E-state index contributed by atoms with van der Waals surface area (Å²) in [6.07, 6.45) is 4.75. The molecule has 5 aromatic carbocycles. The van der Waals surface area contributed by atoms with Crippen LogP contribution in [0.5, 0.6) is 0 Å². The number of hydrogen-bond acceptors (Lipinski definition) is 2. The zero-order valence-corrected chi connectivity index (χ0v) is 32.4. The van der Waals surface area contributed by atoms with Crippen LogP contribution in [0.15, 0.2) is 48.9 Å². The lowest BCUT2D eigenvalue weighted by atomic mass is 9.12. The summed E-state index contributed by atoms with van der Waals surface area (Å²) in [4.78, 5) is 16.7. The molecule has 1 saturated carbocycles. The minimum atomic E-state index is -7.22. The Kier molecular flexibility index (Phi) is 13.9. The number of rotatable bonds is 8. The second-order valence-electron chi connectivity index (χ2n) is 14.6. The lowest BCUT2D eigenvalue weighted by molar-refractivity contribution is -0.692. The van der Waals surface area contributed by atoms with Gasteiger partial charge in [0.1, 0.15) is 52.7 Å². The van der Waals surface area contributed by atoms with Gasteiger partial charge in [-0.15, -0.1) is 21.9 Å². The minimum Gasteiger partial charge on any atom is -0.287 e. The molecule has 0 amide bonds. The number of benzene rings is 5. The summed E-state index contributed by atoms with van der Waals surface area (Å²) < 4.78 is 296. The van der Waals surface area contributed by atoms with Gasteiger partial charge in [0.2, 0.25) is 18.0 Å². The molecule has 24 heteroatoms. The first-order valence-corrected chi connectivity index (χ1v) is 18.7. The Bertz CT molecular complexity index is 2530. The van der Waals surface area contributed by atoms with Gasteiger partial charge in [-0.05, 0) is 12.8 Å². The van der Waals surface area contributed by atoms with Crippen molar-refractivity contribution >= 4 is 33.8 Å². The first-order valence-electron chi connectivity index (χ1n) is 18.7. The first kappa shape index (κ1) is 49.0. The third-order valence-corrected chi connectivity index (χ3v) is 11.0. The Morgan fingerprint density at radius 3 is 1.08 bits per heavy atom. The van der Waals surface area contributed by atoms with Gasteiger partial charge in [0, 0.05) is 11.5 Å². The van der Waals surface area contributed by atoms with Crippen LogP contribution in [-0.4, -0.2) is 16.9 Å². The molecule has 0 aliphatic heterocycles. The first-order chi connectivity index (χ1) is 31.0. The van der Waals surface area contributed by atoms with Crippen LogP contribution in [0.2, 0.25) is 0 Å². The number of Topliss-reactive ketones (excluding diaryl/α,β-unsaturated/α-hetero) is 1. The second-order valence-corrected chi connectivity index (χ2v) is 14.6. The van der Waals surface area contributed by atoms with Crippen LogP contribution >= 0.6 is 0 Å². The van der Waals surface area contributed by atoms with E-state index in [1.807, 2.05) is 42.7 Å². The van der Waals surface area contributed by atoms with Crippen molar-refractivity contribution in [3.63, 3.8) is 0 Å². The van der Waals surface area contributed by atoms with E-state index in [1.54, 1.807) is 6.20 Å². The molecule has 0 atom stereocenters. The van der Waals surface area contributed by atoms with Crippen molar-refractivity contribution in [3.8, 4) is 0 Å². The summed E-state index contributed by atoms with van der Waals surface area (Å²) in [5, 5.41) is 0. The summed E-state index contributed by atoms with van der Waals surface area (Å²) in [5.74, 6) is -70.7. The van der Waals surface area contributed by atoms with Gasteiger partial charge in [-0.1, -0.05) is 49.6 Å². The highest BCUT2D eigenvalue weighted by Crippen LogP contribution is 2.32. The molecule has 0 saturated heterocycles. The van der Waals surface area contributed by atoms with Crippen LogP contribution in [0, 0.1) is 116 Å². The number of carbonyl (C=O) groups excluding carboxylic acids is 1. The van der Waals surface area contributed by atoms with E-state index >= 15 is 35.1 Å². The molecular formula is C42H21BF20N2O. The third-order valence-electron chi connectivity index (χ3n) is 11.0. The third kappa shape index (κ3) is 7.90. The number of halogens is 20. The Morgan fingerprint density at radius 1 is 0.455 bits per heavy atom. The Labute approximate surface area is 356 Å². The van der Waals surface area contributed by atoms with E-state index in [4.69, 9.17) is 0 Å². The highest BCUT2D eigenvalue weighted by Gasteiger charge is 2.52. The molecule has 0 unspecified atom stereocenters. The predicted molar refractivity (Wildman–Crippen MR) is 190 cm³/mol. The van der Waals surface area contributed by atoms with E-state index in [9.17, 15) is 57.5 Å². The maximum atomic E-state index is 15.4. The molecule has 348 valence electrons. The highest BCUT2D eigenvalue weighted by atomic mass is 19.2. The van der Waals surface area contributed by atoms with Crippen molar-refractivity contribution in [3.05, 3.63) is 177 Å². The van der Waals surface area contributed by atoms with Crippen molar-refractivity contribution in [2.24, 2.45) is 0 Å². The average molecular weight is 960 g/mol. The average Bonchev–Trinajstić information content (AvgIpc) is 3.32. The zero-order valence-electron chi connectivity index (χ0n) is 32.4. The quantitative estimate of drug-likeness (QED) is 0.0381. The van der Waals surface area contributed by atoms with Crippen LogP contribution in [0.4, 0.5) is 87.8 Å². The van der Waals surface area contributed by atoms with Gasteiger partial charge in [0.05, 0.1) is 12.4 Å². The van der Waals surface area contributed by atoms with Crippen molar-refractivity contribution < 1.29 is 97.2 Å². The van der Waals surface area contributed by atoms with Crippen molar-refractivity contribution in [2.45, 2.75) is 44.6 Å². The summed E-state index contributed by atoms with van der Waals surface area (Å²) in [7, 11) is 0. The second kappa shape index (κ2) is 18.8. The monoisotopic (exact) mass is 960 g/mol. The maximum absolute atomic E-state index is 15.4. The molecule has 0 N–H and O–H groups in total. The molecule has 1 aliphatic carbocycles. The number of aromatic nitrogens is 2. The number of nitrogens with zero attached hydrogens (tertiary/aromatic N) is 2. The van der Waals surface area contributed by atoms with Gasteiger partial charge in [0.15, 0.2) is 76.0 Å². The van der Waals surface area contributed by atoms with E-state index < -0.39 is 144 Å². The van der Waals surface area contributed by atoms with Crippen LogP contribution in [0.3, 0.4) is 0 Å². The zero-order chi connectivity index (χ0) is 48.8. The van der Waals surface area contributed by atoms with E-state index in [0.29, 0.717) is 12.5 Å². The van der Waals surface area contributed by atoms with Gasteiger partial charge in [-0.2, -0.15) is 4.57 Å². The smallest absolute Gasteiger partial charge is 0.227 e. The van der Waals surface area contributed by atoms with Crippen LogP contribution in [-0.2, 0) is 6.54 Å². The fraction of sp³-hybridized carbons (Fsp3) is 0.167. The van der Waals surface area contributed by atoms with E-state index in [0.717, 1.165) is 5.56 Å². The summed E-state index contributed by atoms with van der Waals surface area (Å²) in [6.45, 7) is 0.401. The SMILES string of the molecule is Fc1c(F)c(F)c([B-](c2c(F)c(F)c(F)c(F)c2F)(c2c(F)c(F)c(F)c(F)c2F)c2c(F)c(F)c(F)c(F)c2F)c(F)c1F.O=C(C[n+]1ccncc1C1CCCCC1)c1ccccc1. The van der Waals surface area contributed by atoms with E-state index in [1.165, 1.54) is 37.8 Å². The molecule has 3 nitrogen and oxygen atoms in total. The molecule has 1 fully saturated rings. The van der Waals surface area contributed by atoms with E-state index in [-0.39, 0.29) is 5.78 Å². The number of carbonyl (C=O) groups is 1. The normalized spacial score (nSPS) is 13.2. The van der Waals surface area contributed by atoms with Crippen LogP contribution in [0.25, 0.3) is 0 Å². The molecule has 0 radical (unpaired) electrons. The maximum Gasteiger partial charge on any atom is 0.227 e. The topological polar surface area (TPSA) is 33.8 Å². The Balaban J connectivity index is 0.000000284. The van der Waals surface area contributed by atoms with Gasteiger partial charge >= 0.3 is 0 Å². The summed E-state index contributed by atoms with van der Waals surface area (Å²) >= 11 is 0.